The summed E-state index contributed by atoms with van der Waals surface area (Å²) in [4.78, 5) is 0. The van der Waals surface area contributed by atoms with Crippen molar-refractivity contribution in [3.8, 4) is 0 Å². The highest BCUT2D eigenvalue weighted by atomic mass is 16.8. The van der Waals surface area contributed by atoms with Crippen LogP contribution in [-0.4, -0.2) is 175 Å². The van der Waals surface area contributed by atoms with Gasteiger partial charge < -0.3 is 83.9 Å². The molecule has 4 saturated heterocycles. The Morgan fingerprint density at radius 2 is 1.35 bits per heavy atom. The molecular weight excluding hydrogens is 861 g/mol. The molecule has 0 bridgehead atoms. The van der Waals surface area contributed by atoms with Gasteiger partial charge in [-0.1, -0.05) is 46.3 Å². The second-order valence-electron chi connectivity index (χ2n) is 22.6. The molecule has 4 saturated carbocycles. The second kappa shape index (κ2) is 18.9. The zero-order valence-corrected chi connectivity index (χ0v) is 39.8. The molecule has 0 aromatic carbocycles. The lowest BCUT2D eigenvalue weighted by molar-refractivity contribution is -0.387. The third-order valence-corrected chi connectivity index (χ3v) is 18.9. The van der Waals surface area contributed by atoms with Crippen LogP contribution in [0.25, 0.3) is 0 Å². The maximum absolute atomic E-state index is 12.4. The van der Waals surface area contributed by atoms with Crippen molar-refractivity contribution >= 4 is 0 Å². The Morgan fingerprint density at radius 3 is 1.98 bits per heavy atom. The average Bonchev–Trinajstić information content (AvgIpc) is 3.91. The molecule has 378 valence electrons. The van der Waals surface area contributed by atoms with E-state index in [1.54, 1.807) is 0 Å². The van der Waals surface area contributed by atoms with E-state index < -0.39 is 105 Å². The van der Waals surface area contributed by atoms with Crippen LogP contribution < -0.4 is 0 Å². The molecule has 4 heterocycles. The van der Waals surface area contributed by atoms with Gasteiger partial charge in [-0.25, -0.2) is 0 Å². The van der Waals surface area contributed by atoms with E-state index in [-0.39, 0.29) is 41.0 Å². The normalized spacial score (nSPS) is 57.2. The fraction of sp³-hybridized carbons (Fsp3) is 0.959. The minimum Gasteiger partial charge on any atom is -0.394 e. The van der Waals surface area contributed by atoms with Crippen LogP contribution in [0.4, 0.5) is 0 Å². The van der Waals surface area contributed by atoms with E-state index in [9.17, 15) is 46.0 Å². The van der Waals surface area contributed by atoms with E-state index in [1.807, 2.05) is 0 Å². The minimum atomic E-state index is -1.74. The van der Waals surface area contributed by atoms with E-state index in [4.69, 9.17) is 37.9 Å². The van der Waals surface area contributed by atoms with Crippen molar-refractivity contribution < 1.29 is 83.9 Å². The number of allylic oxidation sites excluding steroid dienone is 1. The summed E-state index contributed by atoms with van der Waals surface area (Å²) in [6, 6.07) is 0. The van der Waals surface area contributed by atoms with Crippen LogP contribution >= 0.6 is 0 Å². The maximum Gasteiger partial charge on any atom is 0.187 e. The number of aliphatic hydroxyl groups excluding tert-OH is 8. The quantitative estimate of drug-likeness (QED) is 0.134. The number of fused-ring (bicyclic) bond motifs is 7. The van der Waals surface area contributed by atoms with Crippen LogP contribution in [0.3, 0.4) is 0 Å². The largest absolute Gasteiger partial charge is 0.394 e. The van der Waals surface area contributed by atoms with Crippen molar-refractivity contribution in [2.75, 3.05) is 13.2 Å². The first-order valence-corrected chi connectivity index (χ1v) is 25.3. The van der Waals surface area contributed by atoms with Crippen molar-refractivity contribution in [1.29, 1.82) is 0 Å². The van der Waals surface area contributed by atoms with Crippen molar-refractivity contribution in [3.05, 3.63) is 11.6 Å². The van der Waals surface area contributed by atoms with Crippen molar-refractivity contribution in [3.63, 3.8) is 0 Å². The molecule has 0 spiro atoms. The lowest BCUT2D eigenvalue weighted by Gasteiger charge is -2.58. The Labute approximate surface area is 389 Å². The van der Waals surface area contributed by atoms with Gasteiger partial charge in [0.15, 0.2) is 24.7 Å². The predicted octanol–water partition coefficient (Wildman–Crippen LogP) is 1.63. The molecule has 0 aromatic heterocycles. The summed E-state index contributed by atoms with van der Waals surface area (Å²) in [7, 11) is 0. The highest BCUT2D eigenvalue weighted by Crippen LogP contribution is 2.71. The molecule has 5 aliphatic carbocycles. The van der Waals surface area contributed by atoms with Crippen LogP contribution in [0.1, 0.15) is 113 Å². The van der Waals surface area contributed by atoms with Gasteiger partial charge in [0, 0.05) is 18.4 Å². The van der Waals surface area contributed by atoms with Crippen LogP contribution in [0.5, 0.6) is 0 Å². The second-order valence-corrected chi connectivity index (χ2v) is 22.6. The lowest BCUT2D eigenvalue weighted by Crippen LogP contribution is -2.67. The number of hydrogen-bond donors (Lipinski definition) is 9. The van der Waals surface area contributed by atoms with E-state index in [0.717, 1.165) is 58.0 Å². The summed E-state index contributed by atoms with van der Waals surface area (Å²) in [6.07, 6.45) is -10.6. The Morgan fingerprint density at radius 1 is 0.712 bits per heavy atom. The third kappa shape index (κ3) is 8.30. The van der Waals surface area contributed by atoms with E-state index in [2.05, 4.69) is 40.7 Å². The molecule has 28 atom stereocenters. The number of aliphatic hydroxyl groups is 9. The summed E-state index contributed by atoms with van der Waals surface area (Å²) in [5, 5.41) is 98.7. The van der Waals surface area contributed by atoms with E-state index in [0.29, 0.717) is 42.4 Å². The Hall–Kier alpha value is -0.940. The molecule has 17 nitrogen and oxygen atoms in total. The molecule has 4 aliphatic heterocycles. The van der Waals surface area contributed by atoms with E-state index in [1.165, 1.54) is 19.4 Å². The molecule has 0 amide bonds. The Kier molecular flexibility index (Phi) is 14.3. The molecular formula is C49H80O17. The highest BCUT2D eigenvalue weighted by molar-refractivity contribution is 5.26. The molecule has 0 aromatic rings. The van der Waals surface area contributed by atoms with Crippen LogP contribution in [0.2, 0.25) is 0 Å². The summed E-state index contributed by atoms with van der Waals surface area (Å²) < 4.78 is 49.7. The van der Waals surface area contributed by atoms with Gasteiger partial charge in [0.1, 0.15) is 61.0 Å². The summed E-state index contributed by atoms with van der Waals surface area (Å²) in [5.41, 5.74) is 1.33. The smallest absolute Gasteiger partial charge is 0.187 e. The number of ether oxygens (including phenoxy) is 8. The zero-order chi connectivity index (χ0) is 47.4. The fourth-order valence-electron chi connectivity index (χ4n) is 15.1. The summed E-state index contributed by atoms with van der Waals surface area (Å²) in [5.74, 6) is 1.09. The van der Waals surface area contributed by atoms with Gasteiger partial charge in [0.05, 0.1) is 37.1 Å². The van der Waals surface area contributed by atoms with Crippen molar-refractivity contribution in [1.82, 2.24) is 0 Å². The minimum absolute atomic E-state index is 0.0322. The molecule has 9 aliphatic rings. The third-order valence-electron chi connectivity index (χ3n) is 18.9. The standard InChI is InChI=1S/C49H80O17/c1-8-15-59-31-18-26(16-21(31)2)49(58)22(3)34-32(66-49)19-30-28-10-9-25-17-27(11-13-47(25,6)29(28)12-14-48(30,34)7)62-46-41(57)43(65-45-40(56)38(54)36(52)24(5)61-45)42(33(20-50)63-46)64-44-39(55)37(53)35(51)23(4)60-44/h9,21-24,26-46,50-58H,8,10-20H2,1-7H3/t21-,22-,23+,24-,26+,27-,28+,29+,30-,31+,32-,33+,34+,35-,36-,37-,38-,39-,40-,41+,42+,43+,44+,45-,46+,47-,48-,49-/m0/s1. The van der Waals surface area contributed by atoms with Gasteiger partial charge in [-0.3, -0.25) is 0 Å². The van der Waals surface area contributed by atoms with Gasteiger partial charge in [0.2, 0.25) is 0 Å². The average molecular weight is 941 g/mol. The molecule has 0 radical (unpaired) electrons. The Bertz CT molecular complexity index is 1720. The van der Waals surface area contributed by atoms with Crippen LogP contribution in [-0.2, 0) is 37.9 Å². The first kappa shape index (κ1) is 50.0. The molecule has 0 unspecified atom stereocenters. The molecule has 17 heteroatoms. The van der Waals surface area contributed by atoms with Gasteiger partial charge in [0.25, 0.3) is 0 Å². The first-order valence-electron chi connectivity index (χ1n) is 25.3. The van der Waals surface area contributed by atoms with Gasteiger partial charge in [-0.2, -0.15) is 0 Å². The summed E-state index contributed by atoms with van der Waals surface area (Å²) in [6.45, 7) is 14.6. The molecule has 66 heavy (non-hydrogen) atoms. The number of hydrogen-bond acceptors (Lipinski definition) is 17. The van der Waals surface area contributed by atoms with E-state index >= 15 is 0 Å². The van der Waals surface area contributed by atoms with Gasteiger partial charge in [-0.05, 0) is 118 Å². The molecule has 9 N–H and O–H groups in total. The maximum atomic E-state index is 12.4. The Balaban J connectivity index is 0.888. The predicted molar refractivity (Wildman–Crippen MR) is 233 cm³/mol. The fourth-order valence-corrected chi connectivity index (χ4v) is 15.1. The van der Waals surface area contributed by atoms with Crippen molar-refractivity contribution in [2.24, 2.45) is 52.3 Å². The van der Waals surface area contributed by atoms with Crippen LogP contribution in [0, 0.1) is 52.3 Å². The first-order chi connectivity index (χ1) is 31.2. The van der Waals surface area contributed by atoms with Gasteiger partial charge >= 0.3 is 0 Å². The van der Waals surface area contributed by atoms with Crippen LogP contribution in [0.15, 0.2) is 11.6 Å². The molecule has 9 rings (SSSR count). The zero-order valence-electron chi connectivity index (χ0n) is 39.8. The summed E-state index contributed by atoms with van der Waals surface area (Å²) >= 11 is 0. The molecule has 8 fully saturated rings. The van der Waals surface area contributed by atoms with Crippen molar-refractivity contribution in [2.45, 2.75) is 229 Å². The highest BCUT2D eigenvalue weighted by Gasteiger charge is 2.70. The monoisotopic (exact) mass is 941 g/mol. The topological polar surface area (TPSA) is 256 Å². The SMILES string of the molecule is CCCO[C@@H]1C[C@H]([C@@]2(O)O[C@H]3C[C@H]4[C@@H]5CC=C6C[C@@H](O[C@@H]7O[C@H](CO)[C@@H](O[C@H]8O[C@H](C)[C@H](O)[C@H](O)[C@@H]8O)[C@H](O[C@@H]8O[C@@H](C)[C@H](O)[C@H](O)[C@@H]8O)[C@H]7O)CC[C@]6(C)[C@@H]5CC[C@]4(C)[C@@H]3[C@@H]2C)C[C@@H]1C. The lowest BCUT2D eigenvalue weighted by atomic mass is 9.47. The van der Waals surface area contributed by atoms with Gasteiger partial charge in [-0.15, -0.1) is 0 Å². The number of rotatable bonds is 11.